The number of piperidine rings is 1. The molecule has 1 saturated carbocycles. The van der Waals surface area contributed by atoms with Crippen molar-refractivity contribution in [1.82, 2.24) is 0 Å². The van der Waals surface area contributed by atoms with Crippen LogP contribution in [0.25, 0.3) is 0 Å². The van der Waals surface area contributed by atoms with Gasteiger partial charge in [-0.05, 0) is 37.7 Å². The van der Waals surface area contributed by atoms with Gasteiger partial charge < -0.3 is 15.7 Å². The van der Waals surface area contributed by atoms with Crippen molar-refractivity contribution in [2.45, 2.75) is 25.7 Å². The van der Waals surface area contributed by atoms with E-state index < -0.39 is 0 Å². The van der Waals surface area contributed by atoms with Gasteiger partial charge in [0.15, 0.2) is 5.78 Å². The maximum absolute atomic E-state index is 12.1. The van der Waals surface area contributed by atoms with E-state index in [0.29, 0.717) is 11.6 Å². The van der Waals surface area contributed by atoms with Crippen LogP contribution in [-0.2, 0) is 0 Å². The molecule has 0 radical (unpaired) electrons. The first-order valence-electron chi connectivity index (χ1n) is 6.98. The summed E-state index contributed by atoms with van der Waals surface area (Å²) >= 11 is 1.52. The number of hydrogen-bond donors (Lipinski definition) is 2. The molecule has 0 aromatic carbocycles. The highest BCUT2D eigenvalue weighted by molar-refractivity contribution is 7.18. The van der Waals surface area contributed by atoms with Crippen molar-refractivity contribution in [3.05, 3.63) is 10.9 Å². The summed E-state index contributed by atoms with van der Waals surface area (Å²) in [6.45, 7) is 2.10. The number of hydrogen-bond acceptors (Lipinski definition) is 5. The minimum absolute atomic E-state index is 0.223. The molecule has 104 valence electrons. The van der Waals surface area contributed by atoms with Crippen LogP contribution in [-0.4, -0.2) is 30.6 Å². The molecule has 2 aliphatic rings. The second-order valence-corrected chi connectivity index (χ2v) is 6.68. The lowest BCUT2D eigenvalue weighted by Gasteiger charge is -2.32. The fourth-order valence-corrected chi connectivity index (χ4v) is 3.82. The number of anilines is 2. The number of thiophene rings is 1. The molecule has 0 spiro atoms. The van der Waals surface area contributed by atoms with E-state index in [2.05, 4.69) is 4.90 Å². The summed E-state index contributed by atoms with van der Waals surface area (Å²) < 4.78 is 0. The Morgan fingerprint density at radius 3 is 2.95 bits per heavy atom. The van der Waals surface area contributed by atoms with Crippen LogP contribution in [0.5, 0.6) is 0 Å². The summed E-state index contributed by atoms with van der Waals surface area (Å²) in [6, 6.07) is 1.93. The zero-order valence-electron chi connectivity index (χ0n) is 11.0. The molecule has 0 amide bonds. The molecule has 19 heavy (non-hydrogen) atoms. The molecule has 1 saturated heterocycles. The third-order valence-corrected chi connectivity index (χ3v) is 5.23. The van der Waals surface area contributed by atoms with Crippen LogP contribution >= 0.6 is 11.3 Å². The number of nitrogen functional groups attached to an aromatic ring is 1. The Kier molecular flexibility index (Phi) is 3.50. The molecule has 1 atom stereocenters. The average molecular weight is 280 g/mol. The number of carbonyl (C=O) groups is 1. The van der Waals surface area contributed by atoms with Crippen LogP contribution < -0.4 is 10.6 Å². The van der Waals surface area contributed by atoms with Crippen molar-refractivity contribution in [2.75, 3.05) is 30.3 Å². The molecular weight excluding hydrogens is 260 g/mol. The van der Waals surface area contributed by atoms with E-state index >= 15 is 0 Å². The molecular formula is C14H20N2O2S. The minimum Gasteiger partial charge on any atom is -0.397 e. The first kappa shape index (κ1) is 12.9. The second kappa shape index (κ2) is 5.13. The number of Topliss-reactive ketones (excluding diaryl/α,β-unsaturated/α-hetero) is 1. The lowest BCUT2D eigenvalue weighted by atomic mass is 9.99. The third kappa shape index (κ3) is 2.62. The van der Waals surface area contributed by atoms with Crippen molar-refractivity contribution in [3.63, 3.8) is 0 Å². The lowest BCUT2D eigenvalue weighted by Crippen LogP contribution is -2.36. The lowest BCUT2D eigenvalue weighted by molar-refractivity contribution is 0.0972. The van der Waals surface area contributed by atoms with E-state index in [1.54, 1.807) is 0 Å². The van der Waals surface area contributed by atoms with Gasteiger partial charge in [-0.25, -0.2) is 0 Å². The van der Waals surface area contributed by atoms with Gasteiger partial charge >= 0.3 is 0 Å². The maximum Gasteiger partial charge on any atom is 0.178 e. The van der Waals surface area contributed by atoms with Crippen molar-refractivity contribution < 1.29 is 9.90 Å². The van der Waals surface area contributed by atoms with Gasteiger partial charge in [0.25, 0.3) is 0 Å². The molecule has 0 bridgehead atoms. The first-order valence-corrected chi connectivity index (χ1v) is 7.80. The van der Waals surface area contributed by atoms with E-state index in [1.807, 2.05) is 6.07 Å². The van der Waals surface area contributed by atoms with Gasteiger partial charge in [0.1, 0.15) is 0 Å². The predicted octanol–water partition coefficient (Wildman–Crippen LogP) is 2.13. The Bertz CT molecular complexity index is 482. The normalized spacial score (nSPS) is 23.6. The highest BCUT2D eigenvalue weighted by Crippen LogP contribution is 2.40. The highest BCUT2D eigenvalue weighted by Gasteiger charge is 2.33. The van der Waals surface area contributed by atoms with Crippen LogP contribution in [0.4, 0.5) is 10.7 Å². The summed E-state index contributed by atoms with van der Waals surface area (Å²) in [5.41, 5.74) is 6.62. The predicted molar refractivity (Wildman–Crippen MR) is 77.8 cm³/mol. The maximum atomic E-state index is 12.1. The van der Waals surface area contributed by atoms with Crippen LogP contribution in [0.3, 0.4) is 0 Å². The van der Waals surface area contributed by atoms with Gasteiger partial charge in [0, 0.05) is 25.6 Å². The second-order valence-electron chi connectivity index (χ2n) is 5.64. The molecule has 3 rings (SSSR count). The Morgan fingerprint density at radius 2 is 2.26 bits per heavy atom. The van der Waals surface area contributed by atoms with E-state index in [-0.39, 0.29) is 18.3 Å². The number of carbonyl (C=O) groups excluding carboxylic acids is 1. The van der Waals surface area contributed by atoms with E-state index in [0.717, 1.165) is 48.7 Å². The summed E-state index contributed by atoms with van der Waals surface area (Å²) in [4.78, 5) is 15.1. The Labute approximate surface area is 117 Å². The Balaban J connectivity index is 1.77. The average Bonchev–Trinajstić information content (AvgIpc) is 3.21. The Hall–Kier alpha value is -1.07. The van der Waals surface area contributed by atoms with Crippen LogP contribution in [0.1, 0.15) is 35.4 Å². The molecule has 1 aliphatic carbocycles. The highest BCUT2D eigenvalue weighted by atomic mass is 32.1. The number of aliphatic hydroxyl groups is 1. The van der Waals surface area contributed by atoms with E-state index in [1.165, 1.54) is 11.3 Å². The molecule has 2 fully saturated rings. The van der Waals surface area contributed by atoms with E-state index in [9.17, 15) is 9.90 Å². The summed E-state index contributed by atoms with van der Waals surface area (Å²) in [6.07, 6.45) is 4.21. The van der Waals surface area contributed by atoms with E-state index in [4.69, 9.17) is 5.73 Å². The molecule has 5 heteroatoms. The smallest absolute Gasteiger partial charge is 0.178 e. The van der Waals surface area contributed by atoms with Gasteiger partial charge in [-0.15, -0.1) is 11.3 Å². The first-order chi connectivity index (χ1) is 9.19. The summed E-state index contributed by atoms with van der Waals surface area (Å²) in [5, 5.41) is 10.4. The molecule has 1 aliphatic heterocycles. The zero-order chi connectivity index (χ0) is 13.4. The molecule has 2 heterocycles. The van der Waals surface area contributed by atoms with Crippen molar-refractivity contribution in [3.8, 4) is 0 Å². The molecule has 3 N–H and O–H groups in total. The van der Waals surface area contributed by atoms with Crippen molar-refractivity contribution >= 4 is 27.8 Å². The molecule has 1 unspecified atom stereocenters. The number of rotatable bonds is 4. The minimum atomic E-state index is 0.223. The molecule has 1 aromatic heterocycles. The Morgan fingerprint density at radius 1 is 1.47 bits per heavy atom. The van der Waals surface area contributed by atoms with Crippen LogP contribution in [0.15, 0.2) is 6.07 Å². The summed E-state index contributed by atoms with van der Waals surface area (Å²) in [5.74, 6) is 0.796. The van der Waals surface area contributed by atoms with Crippen LogP contribution in [0, 0.1) is 11.8 Å². The number of nitrogens with two attached hydrogens (primary N) is 1. The van der Waals surface area contributed by atoms with Gasteiger partial charge in [-0.3, -0.25) is 4.79 Å². The quantitative estimate of drug-likeness (QED) is 0.829. The van der Waals surface area contributed by atoms with Crippen molar-refractivity contribution in [1.29, 1.82) is 0 Å². The van der Waals surface area contributed by atoms with Crippen LogP contribution in [0.2, 0.25) is 0 Å². The molecule has 4 nitrogen and oxygen atoms in total. The van der Waals surface area contributed by atoms with Gasteiger partial charge in [0.05, 0.1) is 15.6 Å². The van der Waals surface area contributed by atoms with Gasteiger partial charge in [-0.2, -0.15) is 0 Å². The van der Waals surface area contributed by atoms with Gasteiger partial charge in [-0.1, -0.05) is 0 Å². The summed E-state index contributed by atoms with van der Waals surface area (Å²) in [7, 11) is 0. The number of ketones is 1. The zero-order valence-corrected chi connectivity index (χ0v) is 11.8. The largest absolute Gasteiger partial charge is 0.397 e. The topological polar surface area (TPSA) is 66.6 Å². The molecule has 1 aromatic rings. The number of aliphatic hydroxyl groups excluding tert-OH is 1. The fourth-order valence-electron chi connectivity index (χ4n) is 2.69. The SMILES string of the molecule is Nc1cc(N2CCCC(CO)C2)sc1C(=O)C1CC1. The standard InChI is InChI=1S/C14H20N2O2S/c15-11-6-12(16-5-1-2-9(7-16)8-17)19-14(11)13(18)10-3-4-10/h6,9-10,17H,1-5,7-8,15H2. The monoisotopic (exact) mass is 280 g/mol. The number of nitrogens with zero attached hydrogens (tertiary/aromatic N) is 1. The fraction of sp³-hybridized carbons (Fsp3) is 0.643. The van der Waals surface area contributed by atoms with Crippen molar-refractivity contribution in [2.24, 2.45) is 11.8 Å². The van der Waals surface area contributed by atoms with Gasteiger partial charge in [0.2, 0.25) is 0 Å². The third-order valence-electron chi connectivity index (χ3n) is 4.01.